The van der Waals surface area contributed by atoms with Gasteiger partial charge in [0.2, 0.25) is 5.91 Å². The molecule has 0 atom stereocenters. The Morgan fingerprint density at radius 1 is 1.14 bits per heavy atom. The molecule has 2 heterocycles. The van der Waals surface area contributed by atoms with Gasteiger partial charge in [-0.25, -0.2) is 0 Å². The molecule has 0 unspecified atom stereocenters. The van der Waals surface area contributed by atoms with E-state index < -0.39 is 0 Å². The molecule has 0 aliphatic heterocycles. The van der Waals surface area contributed by atoms with E-state index >= 15 is 0 Å². The minimum atomic E-state index is -0.298. The Balaban J connectivity index is 1.86. The molecule has 0 saturated carbocycles. The van der Waals surface area contributed by atoms with E-state index in [0.29, 0.717) is 11.3 Å². The Hall–Kier alpha value is -3.15. The number of carbonyl (C=O) groups is 2. The van der Waals surface area contributed by atoms with Crippen molar-refractivity contribution in [3.8, 4) is 0 Å². The van der Waals surface area contributed by atoms with E-state index in [1.54, 1.807) is 24.5 Å². The molecule has 0 radical (unpaired) electrons. The van der Waals surface area contributed by atoms with Gasteiger partial charge in [-0.2, -0.15) is 0 Å². The van der Waals surface area contributed by atoms with Crippen molar-refractivity contribution in [2.75, 3.05) is 5.43 Å². The number of fused-ring (bicyclic) bond motifs is 1. The summed E-state index contributed by atoms with van der Waals surface area (Å²) in [6.45, 7) is 1.49. The number of carbonyl (C=O) groups excluding carboxylic acids is 2. The first-order valence-electron chi connectivity index (χ1n) is 6.74. The topological polar surface area (TPSA) is 76.0 Å². The van der Waals surface area contributed by atoms with Crippen LogP contribution in [0, 0.1) is 0 Å². The van der Waals surface area contributed by atoms with Gasteiger partial charge in [-0.05, 0) is 18.2 Å². The molecule has 1 amide bonds. The predicted molar refractivity (Wildman–Crippen MR) is 83.6 cm³/mol. The lowest BCUT2D eigenvalue weighted by atomic mass is 10.2. The summed E-state index contributed by atoms with van der Waals surface area (Å²) in [6.07, 6.45) is 4.75. The van der Waals surface area contributed by atoms with Gasteiger partial charge >= 0.3 is 0 Å². The standard InChI is InChI=1S/C16H14N4O2/c1-11(21)20-10-14(13-6-2-3-7-15(13)20)18-19-16(22)12-5-4-8-17-9-12/h2-10,18H,1H3,(H,19,22). The molecule has 6 nitrogen and oxygen atoms in total. The van der Waals surface area contributed by atoms with E-state index in [1.807, 2.05) is 24.3 Å². The lowest BCUT2D eigenvalue weighted by Crippen LogP contribution is -2.29. The van der Waals surface area contributed by atoms with Crippen LogP contribution in [0.3, 0.4) is 0 Å². The highest BCUT2D eigenvalue weighted by atomic mass is 16.2. The zero-order valence-corrected chi connectivity index (χ0v) is 11.9. The van der Waals surface area contributed by atoms with Crippen LogP contribution in [0.15, 0.2) is 55.0 Å². The van der Waals surface area contributed by atoms with E-state index in [-0.39, 0.29) is 11.8 Å². The van der Waals surface area contributed by atoms with Gasteiger partial charge in [0, 0.05) is 30.9 Å². The van der Waals surface area contributed by atoms with Crippen molar-refractivity contribution in [3.05, 3.63) is 60.6 Å². The summed E-state index contributed by atoms with van der Waals surface area (Å²) in [5.74, 6) is -0.393. The maximum Gasteiger partial charge on any atom is 0.271 e. The van der Waals surface area contributed by atoms with Gasteiger partial charge in [-0.15, -0.1) is 0 Å². The fraction of sp³-hybridized carbons (Fsp3) is 0.0625. The first-order chi connectivity index (χ1) is 10.7. The molecule has 0 bridgehead atoms. The number of pyridine rings is 1. The molecule has 0 aliphatic rings. The Labute approximate surface area is 126 Å². The average Bonchev–Trinajstić information content (AvgIpc) is 2.92. The van der Waals surface area contributed by atoms with Gasteiger partial charge in [-0.1, -0.05) is 18.2 Å². The van der Waals surface area contributed by atoms with Gasteiger partial charge in [-0.3, -0.25) is 30.0 Å². The lowest BCUT2D eigenvalue weighted by molar-refractivity contribution is 0.0940. The average molecular weight is 294 g/mol. The first kappa shape index (κ1) is 13.8. The van der Waals surface area contributed by atoms with Gasteiger partial charge < -0.3 is 0 Å². The zero-order valence-electron chi connectivity index (χ0n) is 11.9. The first-order valence-corrected chi connectivity index (χ1v) is 6.74. The third kappa shape index (κ3) is 2.54. The van der Waals surface area contributed by atoms with Crippen molar-refractivity contribution in [2.45, 2.75) is 6.92 Å². The molecular formula is C16H14N4O2. The number of para-hydroxylation sites is 1. The van der Waals surface area contributed by atoms with E-state index in [2.05, 4.69) is 15.8 Å². The SMILES string of the molecule is CC(=O)n1cc(NNC(=O)c2cccnc2)c2ccccc21. The van der Waals surface area contributed by atoms with E-state index in [9.17, 15) is 9.59 Å². The van der Waals surface area contributed by atoms with Gasteiger partial charge in [0.1, 0.15) is 0 Å². The second kappa shape index (κ2) is 5.69. The fourth-order valence-corrected chi connectivity index (χ4v) is 2.23. The number of hydrogen-bond acceptors (Lipinski definition) is 4. The molecule has 0 aliphatic carbocycles. The summed E-state index contributed by atoms with van der Waals surface area (Å²) in [4.78, 5) is 27.6. The second-order valence-corrected chi connectivity index (χ2v) is 4.77. The third-order valence-electron chi connectivity index (χ3n) is 3.29. The molecule has 6 heteroatoms. The predicted octanol–water partition coefficient (Wildman–Crippen LogP) is 2.45. The summed E-state index contributed by atoms with van der Waals surface area (Å²) in [5, 5.41) is 0.851. The maximum absolute atomic E-state index is 12.0. The van der Waals surface area contributed by atoms with Crippen LogP contribution in [0.4, 0.5) is 5.69 Å². The largest absolute Gasteiger partial charge is 0.296 e. The van der Waals surface area contributed by atoms with Crippen molar-refractivity contribution in [1.29, 1.82) is 0 Å². The van der Waals surface area contributed by atoms with Crippen LogP contribution >= 0.6 is 0 Å². The highest BCUT2D eigenvalue weighted by molar-refractivity contribution is 6.01. The number of amides is 1. The molecule has 110 valence electrons. The molecule has 3 rings (SSSR count). The van der Waals surface area contributed by atoms with Crippen LogP contribution in [0.25, 0.3) is 10.9 Å². The Kier molecular flexibility index (Phi) is 3.57. The third-order valence-corrected chi connectivity index (χ3v) is 3.29. The minimum Gasteiger partial charge on any atom is -0.296 e. The van der Waals surface area contributed by atoms with Gasteiger partial charge in [0.25, 0.3) is 5.91 Å². The number of rotatable bonds is 3. The van der Waals surface area contributed by atoms with Crippen LogP contribution in [0.5, 0.6) is 0 Å². The van der Waals surface area contributed by atoms with E-state index in [4.69, 9.17) is 0 Å². The summed E-state index contributed by atoms with van der Waals surface area (Å²) in [7, 11) is 0. The van der Waals surface area contributed by atoms with Crippen LogP contribution in [-0.4, -0.2) is 21.4 Å². The van der Waals surface area contributed by atoms with Crippen LogP contribution in [-0.2, 0) is 0 Å². The molecule has 0 spiro atoms. The van der Waals surface area contributed by atoms with Crippen molar-refractivity contribution < 1.29 is 9.59 Å². The number of hydrogen-bond donors (Lipinski definition) is 2. The van der Waals surface area contributed by atoms with E-state index in [0.717, 1.165) is 10.9 Å². The number of nitrogens with zero attached hydrogens (tertiary/aromatic N) is 2. The lowest BCUT2D eigenvalue weighted by Gasteiger charge is -2.06. The normalized spacial score (nSPS) is 10.4. The quantitative estimate of drug-likeness (QED) is 0.728. The molecule has 0 fully saturated rings. The summed E-state index contributed by atoms with van der Waals surface area (Å²) in [5.41, 5.74) is 7.36. The summed E-state index contributed by atoms with van der Waals surface area (Å²) in [6, 6.07) is 10.8. The molecule has 1 aromatic carbocycles. The van der Waals surface area contributed by atoms with Crippen molar-refractivity contribution in [3.63, 3.8) is 0 Å². The molecule has 22 heavy (non-hydrogen) atoms. The van der Waals surface area contributed by atoms with E-state index in [1.165, 1.54) is 17.7 Å². The Morgan fingerprint density at radius 2 is 1.95 bits per heavy atom. The Bertz CT molecular complexity index is 840. The van der Waals surface area contributed by atoms with Crippen LogP contribution in [0.1, 0.15) is 22.1 Å². The van der Waals surface area contributed by atoms with Crippen molar-refractivity contribution in [2.24, 2.45) is 0 Å². The van der Waals surface area contributed by atoms with Gasteiger partial charge in [0.05, 0.1) is 16.8 Å². The second-order valence-electron chi connectivity index (χ2n) is 4.77. The number of hydrazine groups is 1. The highest BCUT2D eigenvalue weighted by Crippen LogP contribution is 2.25. The van der Waals surface area contributed by atoms with Gasteiger partial charge in [0.15, 0.2) is 0 Å². The monoisotopic (exact) mass is 294 g/mol. The maximum atomic E-state index is 12.0. The van der Waals surface area contributed by atoms with Crippen molar-refractivity contribution in [1.82, 2.24) is 15.0 Å². The minimum absolute atomic E-state index is 0.0946. The summed E-state index contributed by atoms with van der Waals surface area (Å²) >= 11 is 0. The Morgan fingerprint density at radius 3 is 2.68 bits per heavy atom. The molecule has 2 N–H and O–H groups in total. The molecular weight excluding hydrogens is 280 g/mol. The summed E-state index contributed by atoms with van der Waals surface area (Å²) < 4.78 is 1.54. The number of aromatic nitrogens is 2. The molecule has 3 aromatic rings. The number of anilines is 1. The number of benzene rings is 1. The number of nitrogens with one attached hydrogen (secondary N) is 2. The smallest absolute Gasteiger partial charge is 0.271 e. The fourth-order valence-electron chi connectivity index (χ4n) is 2.23. The molecule has 0 saturated heterocycles. The molecule has 2 aromatic heterocycles. The van der Waals surface area contributed by atoms with Crippen LogP contribution < -0.4 is 10.9 Å². The highest BCUT2D eigenvalue weighted by Gasteiger charge is 2.11. The zero-order chi connectivity index (χ0) is 15.5. The van der Waals surface area contributed by atoms with Crippen LogP contribution in [0.2, 0.25) is 0 Å². The van der Waals surface area contributed by atoms with Crippen molar-refractivity contribution >= 4 is 28.4 Å².